The van der Waals surface area contributed by atoms with Gasteiger partial charge in [0.15, 0.2) is 0 Å². The Morgan fingerprint density at radius 3 is 1.73 bits per heavy atom. The lowest BCUT2D eigenvalue weighted by Crippen LogP contribution is -1.98. The maximum absolute atomic E-state index is 8.93. The van der Waals surface area contributed by atoms with Crippen molar-refractivity contribution >= 4 is 5.69 Å². The largest absolute Gasteiger partial charge is 0.300 e. The summed E-state index contributed by atoms with van der Waals surface area (Å²) in [5.74, 6) is 0.589. The van der Waals surface area contributed by atoms with Crippen LogP contribution in [0.5, 0.6) is 0 Å². The predicted molar refractivity (Wildman–Crippen MR) is 62.1 cm³/mol. The van der Waals surface area contributed by atoms with Crippen molar-refractivity contribution in [3.05, 3.63) is 28.8 Å². The quantitative estimate of drug-likeness (QED) is 0.719. The molecule has 0 unspecified atom stereocenters. The molecule has 0 spiro atoms. The molecule has 0 aliphatic rings. The second kappa shape index (κ2) is 4.35. The number of hydrogen-bond donors (Lipinski definition) is 0. The summed E-state index contributed by atoms with van der Waals surface area (Å²) in [7, 11) is 0. The van der Waals surface area contributed by atoms with E-state index in [0.717, 1.165) is 11.1 Å². The van der Waals surface area contributed by atoms with E-state index in [9.17, 15) is 0 Å². The van der Waals surface area contributed by atoms with Crippen molar-refractivity contribution in [1.82, 2.24) is 5.73 Å². The smallest absolute Gasteiger partial charge is 0.0991 e. The van der Waals surface area contributed by atoms with Crippen LogP contribution in [-0.2, 0) is 0 Å². The lowest BCUT2D eigenvalue weighted by atomic mass is 9.91. The molecule has 2 heteroatoms. The second-order valence-electron chi connectivity index (χ2n) is 4.45. The van der Waals surface area contributed by atoms with Gasteiger partial charge in [-0.15, -0.1) is 0 Å². The molecule has 79 valence electrons. The van der Waals surface area contributed by atoms with Gasteiger partial charge in [-0.05, 0) is 35.1 Å². The van der Waals surface area contributed by atoms with Crippen LogP contribution in [0.25, 0.3) is 0 Å². The van der Waals surface area contributed by atoms with Crippen molar-refractivity contribution in [3.8, 4) is 6.07 Å². The molecule has 1 radical (unpaired) electrons. The summed E-state index contributed by atoms with van der Waals surface area (Å²) in [6, 6.07) is 5.83. The van der Waals surface area contributed by atoms with Gasteiger partial charge < -0.3 is 5.73 Å². The van der Waals surface area contributed by atoms with Crippen LogP contribution in [0.2, 0.25) is 0 Å². The van der Waals surface area contributed by atoms with Crippen LogP contribution in [0.1, 0.15) is 56.2 Å². The summed E-state index contributed by atoms with van der Waals surface area (Å²) < 4.78 is 0. The van der Waals surface area contributed by atoms with Crippen molar-refractivity contribution in [3.63, 3.8) is 0 Å². The maximum Gasteiger partial charge on any atom is 0.0991 e. The molecule has 1 N–H and O–H groups in total. The molecule has 1 rings (SSSR count). The summed E-state index contributed by atoms with van der Waals surface area (Å²) in [6.07, 6.45) is 0. The van der Waals surface area contributed by atoms with Crippen LogP contribution in [-0.4, -0.2) is 0 Å². The van der Waals surface area contributed by atoms with E-state index in [2.05, 4.69) is 33.8 Å². The Hall–Kier alpha value is -1.49. The molecule has 0 fully saturated rings. The van der Waals surface area contributed by atoms with E-state index in [1.807, 2.05) is 12.1 Å². The lowest BCUT2D eigenvalue weighted by Gasteiger charge is -2.15. The lowest BCUT2D eigenvalue weighted by molar-refractivity contribution is 0.831. The first kappa shape index (κ1) is 11.6. The van der Waals surface area contributed by atoms with E-state index >= 15 is 0 Å². The molecule has 2 nitrogen and oxygen atoms in total. The van der Waals surface area contributed by atoms with Gasteiger partial charge in [0, 0.05) is 0 Å². The van der Waals surface area contributed by atoms with Crippen molar-refractivity contribution < 1.29 is 0 Å². The molecule has 0 bridgehead atoms. The fraction of sp³-hybridized carbons (Fsp3) is 0.462. The van der Waals surface area contributed by atoms with Crippen LogP contribution in [0.4, 0.5) is 5.69 Å². The summed E-state index contributed by atoms with van der Waals surface area (Å²) in [4.78, 5) is 0. The van der Waals surface area contributed by atoms with Gasteiger partial charge in [0.05, 0.1) is 17.3 Å². The molecule has 0 aromatic heterocycles. The van der Waals surface area contributed by atoms with E-state index in [4.69, 9.17) is 11.0 Å². The van der Waals surface area contributed by atoms with Gasteiger partial charge in [0.1, 0.15) is 0 Å². The molecule has 0 aliphatic heterocycles. The van der Waals surface area contributed by atoms with Gasteiger partial charge in [-0.1, -0.05) is 27.7 Å². The number of nitrogens with one attached hydrogen (secondary N) is 1. The van der Waals surface area contributed by atoms with E-state index < -0.39 is 0 Å². The molecule has 15 heavy (non-hydrogen) atoms. The highest BCUT2D eigenvalue weighted by molar-refractivity contribution is 5.57. The Balaban J connectivity index is 3.42. The molecule has 0 saturated heterocycles. The molecule has 0 amide bonds. The average Bonchev–Trinajstić information content (AvgIpc) is 2.17. The fourth-order valence-electron chi connectivity index (χ4n) is 1.66. The highest BCUT2D eigenvalue weighted by Crippen LogP contribution is 2.32. The Labute approximate surface area is 91.7 Å². The van der Waals surface area contributed by atoms with Gasteiger partial charge in [-0.25, -0.2) is 0 Å². The van der Waals surface area contributed by atoms with Crippen molar-refractivity contribution in [2.24, 2.45) is 0 Å². The zero-order valence-electron chi connectivity index (χ0n) is 9.76. The van der Waals surface area contributed by atoms with Crippen molar-refractivity contribution in [2.75, 3.05) is 0 Å². The van der Waals surface area contributed by atoms with Gasteiger partial charge in [0.25, 0.3) is 0 Å². The minimum atomic E-state index is 0.295. The van der Waals surface area contributed by atoms with Gasteiger partial charge >= 0.3 is 0 Å². The average molecular weight is 201 g/mol. The SMILES string of the molecule is CC(C)c1cc(C#N)cc(C(C)C)c1[NH]. The van der Waals surface area contributed by atoms with E-state index in [0.29, 0.717) is 23.1 Å². The van der Waals surface area contributed by atoms with E-state index in [-0.39, 0.29) is 0 Å². The van der Waals surface area contributed by atoms with Crippen LogP contribution in [0.3, 0.4) is 0 Å². The van der Waals surface area contributed by atoms with Crippen molar-refractivity contribution in [2.45, 2.75) is 39.5 Å². The first-order valence-electron chi connectivity index (χ1n) is 5.27. The Morgan fingerprint density at radius 2 is 1.47 bits per heavy atom. The third-order valence-electron chi connectivity index (χ3n) is 2.57. The number of nitrogens with zero attached hydrogens (tertiary/aromatic N) is 1. The van der Waals surface area contributed by atoms with Crippen molar-refractivity contribution in [1.29, 1.82) is 5.26 Å². The third kappa shape index (κ3) is 2.30. The zero-order chi connectivity index (χ0) is 11.6. The third-order valence-corrected chi connectivity index (χ3v) is 2.57. The van der Waals surface area contributed by atoms with Crippen LogP contribution < -0.4 is 5.73 Å². The minimum absolute atomic E-state index is 0.295. The number of nitriles is 1. The highest BCUT2D eigenvalue weighted by Gasteiger charge is 2.13. The van der Waals surface area contributed by atoms with Crippen LogP contribution in [0.15, 0.2) is 12.1 Å². The molecule has 0 aliphatic carbocycles. The topological polar surface area (TPSA) is 47.6 Å². The predicted octanol–water partition coefficient (Wildman–Crippen LogP) is 3.72. The molecule has 1 aromatic carbocycles. The fourth-order valence-corrected chi connectivity index (χ4v) is 1.66. The minimum Gasteiger partial charge on any atom is -0.300 e. The van der Waals surface area contributed by atoms with E-state index in [1.54, 1.807) is 0 Å². The molecule has 0 atom stereocenters. The monoisotopic (exact) mass is 201 g/mol. The van der Waals surface area contributed by atoms with Gasteiger partial charge in [0.2, 0.25) is 0 Å². The summed E-state index contributed by atoms with van der Waals surface area (Å²) in [5, 5.41) is 8.93. The first-order valence-corrected chi connectivity index (χ1v) is 5.27. The molecular formula is C13H17N2. The van der Waals surface area contributed by atoms with Gasteiger partial charge in [-0.3, -0.25) is 0 Å². The number of hydrogen-bond acceptors (Lipinski definition) is 1. The van der Waals surface area contributed by atoms with E-state index in [1.165, 1.54) is 0 Å². The zero-order valence-corrected chi connectivity index (χ0v) is 9.76. The van der Waals surface area contributed by atoms with Crippen LogP contribution in [0, 0.1) is 11.3 Å². The standard InChI is InChI=1S/C13H17N2/c1-8(2)11-5-10(7-14)6-12(9(3)4)13(11)15/h5-6,8-9,15H,1-4H3. The molecule has 1 aromatic rings. The summed E-state index contributed by atoms with van der Waals surface area (Å²) in [6.45, 7) is 8.22. The Morgan fingerprint density at radius 1 is 1.07 bits per heavy atom. The number of rotatable bonds is 2. The summed E-state index contributed by atoms with van der Waals surface area (Å²) >= 11 is 0. The Kier molecular flexibility index (Phi) is 3.36. The molecule has 0 saturated carbocycles. The number of benzene rings is 1. The van der Waals surface area contributed by atoms with Gasteiger partial charge in [-0.2, -0.15) is 5.26 Å². The Bertz CT molecular complexity index is 368. The first-order chi connectivity index (χ1) is 6.97. The second-order valence-corrected chi connectivity index (χ2v) is 4.45. The molecule has 0 heterocycles. The normalized spacial score (nSPS) is 10.7. The molecular weight excluding hydrogens is 184 g/mol. The summed E-state index contributed by atoms with van der Waals surface area (Å²) in [5.41, 5.74) is 11.3. The maximum atomic E-state index is 8.93. The van der Waals surface area contributed by atoms with Crippen LogP contribution >= 0.6 is 0 Å². The highest BCUT2D eigenvalue weighted by atomic mass is 14.6.